The minimum atomic E-state index is -3.56. The third-order valence-corrected chi connectivity index (χ3v) is 17.7. The Morgan fingerprint density at radius 3 is 1.07 bits per heavy atom. The molecule has 2 saturated heterocycles. The van der Waals surface area contributed by atoms with Crippen molar-refractivity contribution < 1.29 is 46.0 Å². The maximum atomic E-state index is 13.3. The first-order valence-corrected chi connectivity index (χ1v) is 23.0. The lowest BCUT2D eigenvalue weighted by Crippen LogP contribution is -2.52. The minimum absolute atomic E-state index is 0.328. The van der Waals surface area contributed by atoms with Gasteiger partial charge in [-0.05, 0) is 97.5 Å². The highest BCUT2D eigenvalue weighted by Gasteiger charge is 2.60. The topological polar surface area (TPSA) is 146 Å². The summed E-state index contributed by atoms with van der Waals surface area (Å²) in [6.45, 7) is 3.69. The lowest BCUT2D eigenvalue weighted by atomic mass is 9.82. The molecule has 4 heterocycles. The normalized spacial score (nSPS) is 29.6. The Labute approximate surface area is 353 Å². The summed E-state index contributed by atoms with van der Waals surface area (Å²) in [7, 11) is -0.725. The Kier molecular flexibility index (Phi) is 12.0. The molecule has 4 aliphatic rings. The minimum Gasteiger partial charge on any atom is -0.497 e. The number of aliphatic hydroxyl groups is 2. The molecule has 8 rings (SSSR count). The van der Waals surface area contributed by atoms with Gasteiger partial charge in [0.1, 0.15) is 44.7 Å². The van der Waals surface area contributed by atoms with Gasteiger partial charge in [-0.3, -0.25) is 0 Å². The molecule has 4 aliphatic heterocycles. The molecule has 0 spiro atoms. The van der Waals surface area contributed by atoms with Crippen molar-refractivity contribution in [3.05, 3.63) is 155 Å². The molecule has 2 fully saturated rings. The molecule has 0 unspecified atom stereocenters. The molecule has 60 heavy (non-hydrogen) atoms. The van der Waals surface area contributed by atoms with Crippen molar-refractivity contribution in [1.29, 1.82) is 0 Å². The predicted molar refractivity (Wildman–Crippen MR) is 235 cm³/mol. The molecular formula is C48H52O10S2. The summed E-state index contributed by atoms with van der Waals surface area (Å²) in [5.41, 5.74) is 2.12. The van der Waals surface area contributed by atoms with Crippen LogP contribution < -0.4 is 18.9 Å². The maximum absolute atomic E-state index is 13.3. The highest BCUT2D eigenvalue weighted by molar-refractivity contribution is 7.93. The molecule has 0 amide bonds. The Hall–Kier alpha value is -5.14. The van der Waals surface area contributed by atoms with Crippen LogP contribution in [0.4, 0.5) is 0 Å². The number of methoxy groups -OCH3 is 4. The van der Waals surface area contributed by atoms with Crippen LogP contribution in [-0.2, 0) is 19.7 Å². The number of fused-ring (bicyclic) bond motifs is 4. The molecule has 4 bridgehead atoms. The van der Waals surface area contributed by atoms with Gasteiger partial charge in [0.2, 0.25) is 0 Å². The van der Waals surface area contributed by atoms with Crippen LogP contribution in [0, 0.1) is 0 Å². The summed E-state index contributed by atoms with van der Waals surface area (Å²) in [4.78, 5) is 0. The Bertz CT molecular complexity index is 2350. The van der Waals surface area contributed by atoms with Gasteiger partial charge in [-0.15, -0.1) is 0 Å². The average Bonchev–Trinajstić information content (AvgIpc) is 3.53. The van der Waals surface area contributed by atoms with Crippen molar-refractivity contribution >= 4 is 31.8 Å². The fourth-order valence-corrected chi connectivity index (χ4v) is 14.9. The smallest absolute Gasteiger partial charge is 0.167 e. The van der Waals surface area contributed by atoms with E-state index in [1.807, 2.05) is 111 Å². The lowest BCUT2D eigenvalue weighted by molar-refractivity contribution is 0.0762. The van der Waals surface area contributed by atoms with Gasteiger partial charge in [0.25, 0.3) is 0 Å². The molecule has 0 aliphatic carbocycles. The van der Waals surface area contributed by atoms with Crippen LogP contribution in [0.25, 0.3) is 12.2 Å². The van der Waals surface area contributed by atoms with Gasteiger partial charge < -0.3 is 29.2 Å². The quantitative estimate of drug-likeness (QED) is 0.154. The SMILES string of the molecule is COc1ccc(/C=C/[C@@]2(O)C[C@@H](c3ccc(OC)cc3)[C@H]3C(C)=C[C@@H]2S3(=O)=O)cc1.COc1ccc(/C=C/[C@@]2(O)C[C@@H](c3ccc(OC)cc3)[C@H]3C(C)=C[C@@H]2S3(=O)=O)cc1. The van der Waals surface area contributed by atoms with E-state index in [0.717, 1.165) is 44.9 Å². The summed E-state index contributed by atoms with van der Waals surface area (Å²) in [6.07, 6.45) is 10.9. The van der Waals surface area contributed by atoms with Crippen LogP contribution in [0.2, 0.25) is 0 Å². The summed E-state index contributed by atoms with van der Waals surface area (Å²) in [6, 6.07) is 29.7. The van der Waals surface area contributed by atoms with Crippen LogP contribution in [0.5, 0.6) is 23.0 Å². The van der Waals surface area contributed by atoms with Gasteiger partial charge in [0.05, 0.1) is 38.9 Å². The fourth-order valence-electron chi connectivity index (χ4n) is 9.32. The fraction of sp³-hybridized carbons (Fsp3) is 0.333. The molecule has 4 aromatic carbocycles. The van der Waals surface area contributed by atoms with E-state index in [1.165, 1.54) is 0 Å². The number of rotatable bonds is 10. The van der Waals surface area contributed by atoms with E-state index < -0.39 is 51.9 Å². The van der Waals surface area contributed by atoms with Gasteiger partial charge in [-0.1, -0.05) is 96.1 Å². The van der Waals surface area contributed by atoms with E-state index in [1.54, 1.807) is 64.9 Å². The zero-order valence-corrected chi connectivity index (χ0v) is 36.2. The third kappa shape index (κ3) is 8.05. The van der Waals surface area contributed by atoms with Crippen molar-refractivity contribution in [1.82, 2.24) is 0 Å². The van der Waals surface area contributed by atoms with Crippen LogP contribution >= 0.6 is 0 Å². The molecule has 10 nitrogen and oxygen atoms in total. The molecule has 12 heteroatoms. The third-order valence-electron chi connectivity index (χ3n) is 12.4. The van der Waals surface area contributed by atoms with Crippen molar-refractivity contribution in [2.75, 3.05) is 28.4 Å². The van der Waals surface area contributed by atoms with Crippen molar-refractivity contribution in [3.8, 4) is 23.0 Å². The molecule has 0 radical (unpaired) electrons. The largest absolute Gasteiger partial charge is 0.497 e. The van der Waals surface area contributed by atoms with Crippen molar-refractivity contribution in [2.45, 2.75) is 70.7 Å². The first kappa shape index (κ1) is 43.0. The summed E-state index contributed by atoms with van der Waals surface area (Å²) in [5, 5.41) is 20.0. The Morgan fingerprint density at radius 2 is 0.783 bits per heavy atom. The second kappa shape index (κ2) is 16.7. The van der Waals surface area contributed by atoms with Crippen LogP contribution in [0.3, 0.4) is 0 Å². The second-order valence-corrected chi connectivity index (χ2v) is 20.4. The highest BCUT2D eigenvalue weighted by atomic mass is 32.2. The van der Waals surface area contributed by atoms with Crippen molar-refractivity contribution in [2.24, 2.45) is 0 Å². The molecule has 316 valence electrons. The maximum Gasteiger partial charge on any atom is 0.167 e. The van der Waals surface area contributed by atoms with Gasteiger partial charge in [0, 0.05) is 11.8 Å². The lowest BCUT2D eigenvalue weighted by Gasteiger charge is -2.41. The van der Waals surface area contributed by atoms with E-state index in [-0.39, 0.29) is 11.8 Å². The average molecular weight is 853 g/mol. The molecule has 0 aromatic heterocycles. The van der Waals surface area contributed by atoms with E-state index >= 15 is 0 Å². The van der Waals surface area contributed by atoms with E-state index in [9.17, 15) is 27.0 Å². The Balaban J connectivity index is 0.000000181. The molecule has 0 saturated carbocycles. The van der Waals surface area contributed by atoms with Crippen LogP contribution in [0.15, 0.2) is 133 Å². The number of ether oxygens (including phenoxy) is 4. The molecular weight excluding hydrogens is 801 g/mol. The van der Waals surface area contributed by atoms with E-state index in [2.05, 4.69) is 0 Å². The molecule has 2 N–H and O–H groups in total. The first-order chi connectivity index (χ1) is 28.6. The number of hydrogen-bond acceptors (Lipinski definition) is 10. The van der Waals surface area contributed by atoms with Gasteiger partial charge in [-0.2, -0.15) is 0 Å². The summed E-state index contributed by atoms with van der Waals surface area (Å²) >= 11 is 0. The second-order valence-electron chi connectivity index (χ2n) is 16.0. The summed E-state index contributed by atoms with van der Waals surface area (Å²) < 4.78 is 74.1. The van der Waals surface area contributed by atoms with E-state index in [4.69, 9.17) is 18.9 Å². The van der Waals surface area contributed by atoms with Gasteiger partial charge >= 0.3 is 0 Å². The number of hydrogen-bond donors (Lipinski definition) is 2. The Morgan fingerprint density at radius 1 is 0.500 bits per heavy atom. The number of benzene rings is 4. The summed E-state index contributed by atoms with van der Waals surface area (Å²) in [5.74, 6) is 2.24. The predicted octanol–water partition coefficient (Wildman–Crippen LogP) is 7.50. The highest BCUT2D eigenvalue weighted by Crippen LogP contribution is 2.52. The molecule has 8 atom stereocenters. The standard InChI is InChI=1S/2C24H26O5S/c2*1-16-14-22-24(25,13-12-17-4-8-19(28-2)9-5-17)15-21(23(16)30(22,26)27)18-6-10-20(29-3)11-7-18/h2*4-14,21-23,25H,15H2,1-3H3/b2*13-12+/t2*21-,22-,23+,24+/m00/s1. The number of sulfone groups is 2. The van der Waals surface area contributed by atoms with Crippen molar-refractivity contribution in [3.63, 3.8) is 0 Å². The van der Waals surface area contributed by atoms with Crippen LogP contribution in [0.1, 0.15) is 60.8 Å². The molecule has 4 aromatic rings. The zero-order chi connectivity index (χ0) is 43.0. The zero-order valence-electron chi connectivity index (χ0n) is 34.6. The van der Waals surface area contributed by atoms with Gasteiger partial charge in [0.15, 0.2) is 19.7 Å². The van der Waals surface area contributed by atoms with E-state index in [0.29, 0.717) is 24.3 Å². The van der Waals surface area contributed by atoms with Gasteiger partial charge in [-0.25, -0.2) is 16.8 Å². The van der Waals surface area contributed by atoms with Crippen LogP contribution in [-0.4, -0.2) is 87.7 Å². The first-order valence-electron chi connectivity index (χ1n) is 19.8. The monoisotopic (exact) mass is 852 g/mol.